The van der Waals surface area contributed by atoms with Crippen molar-refractivity contribution in [3.8, 4) is 96.5 Å². The Hall–Kier alpha value is -14.8. The molecule has 0 fully saturated rings. The molecule has 139 heavy (non-hydrogen) atoms. The second-order valence-electron chi connectivity index (χ2n) is 36.8. The third-order valence-corrected chi connectivity index (χ3v) is 23.1. The maximum Gasteiger partial charge on any atom is 0.105 e. The molecule has 0 saturated heterocycles. The van der Waals surface area contributed by atoms with Crippen LogP contribution in [0, 0.1) is 38.0 Å². The Morgan fingerprint density at radius 3 is 1.24 bits per heavy atom. The van der Waals surface area contributed by atoms with Crippen molar-refractivity contribution >= 4 is 76.2 Å². The van der Waals surface area contributed by atoms with Gasteiger partial charge in [0.25, 0.3) is 0 Å². The van der Waals surface area contributed by atoms with Crippen LogP contribution in [0.3, 0.4) is 0 Å². The van der Waals surface area contributed by atoms with Gasteiger partial charge in [0.2, 0.25) is 0 Å². The van der Waals surface area contributed by atoms with Gasteiger partial charge in [-0.1, -0.05) is 292 Å². The number of aromatic nitrogens is 20. The van der Waals surface area contributed by atoms with Gasteiger partial charge in [-0.2, -0.15) is 0 Å². The van der Waals surface area contributed by atoms with Gasteiger partial charge in [-0.05, 0) is 190 Å². The number of nitrogens with zero attached hydrogens (tertiary/aromatic N) is 20. The molecule has 12 aromatic heterocycles. The first-order valence-electron chi connectivity index (χ1n) is 45.4. The second kappa shape index (κ2) is 43.7. The normalized spacial score (nSPS) is 11.3. The van der Waals surface area contributed by atoms with Gasteiger partial charge in [0, 0.05) is 174 Å². The van der Waals surface area contributed by atoms with Crippen LogP contribution in [0.5, 0.6) is 0 Å². The average molecular weight is 2350 g/mol. The summed E-state index contributed by atoms with van der Waals surface area (Å²) in [5.74, 6) is 3.18. The molecule has 11 aromatic carbocycles. The fraction of sp³-hybridized carbons (Fsp3) is 0.155. The molecule has 12 heterocycles. The quantitative estimate of drug-likeness (QED) is 0.103. The maximum absolute atomic E-state index is 4.57. The standard InChI is InChI=1S/C30H24N3.C27H24N3.C26H22N3.C14H10N3.C11H13N4.C8H7N4.3Ir/c1-30(2,3)29-18-25(31-19-32-29)21-15-16-28-24(17-21)23-12-6-7-13-27(23)33(28)26-14-8-10-20-9-4-5-11-22(20)26;1-18-10-12-24-21(14-18)22-15-19(23-16-26(27(2,3)4)29-17-28-23)11-13-25(22)30(24)20-8-6-5-7-9-20;1-18(2)14-20-16-24(28-17-27-20)19-12-13-26-23(15-19)22-10-6-7-11-25(22)29(26)21-8-4-3-5-9-21;1-2-6-11(7-3-1)13-10-14(17-16-13)12-8-4-5-9-15-12;1-11(2,3)10-13-9(14-15-10)8-6-4-5-7-12-8;1-6-10-8(12-11-6)7-4-2-3-5-9-7;;;/h4-14,16-19H,1-3H3;5-10,12-17H,1-4H3;3-11,13,15-18H,14H2,1-2H3;1-10H;4-7H,1-3H3;2-5H,1H3;;;/q6*-1;;;. The first kappa shape index (κ1) is 98.7. The summed E-state index contributed by atoms with van der Waals surface area (Å²) < 4.78 is 6.97. The summed E-state index contributed by atoms with van der Waals surface area (Å²) in [7, 11) is 0. The van der Waals surface area contributed by atoms with Crippen LogP contribution in [-0.2, 0) is 83.0 Å². The van der Waals surface area contributed by atoms with Gasteiger partial charge < -0.3 is 44.1 Å². The Kier molecular flexibility index (Phi) is 31.0. The zero-order valence-electron chi connectivity index (χ0n) is 79.2. The molecule has 23 aromatic rings. The molecule has 0 amide bonds. The maximum atomic E-state index is 4.57. The predicted octanol–water partition coefficient (Wildman–Crippen LogP) is 25.7. The molecule has 0 aliphatic heterocycles. The number of hydrogen-bond donors (Lipinski definition) is 0. The van der Waals surface area contributed by atoms with E-state index in [0.29, 0.717) is 23.4 Å². The van der Waals surface area contributed by atoms with Crippen LogP contribution >= 0.6 is 0 Å². The summed E-state index contributed by atoms with van der Waals surface area (Å²) in [6.07, 6.45) is 11.1. The molecule has 20 nitrogen and oxygen atoms in total. The fourth-order valence-electron chi connectivity index (χ4n) is 16.4. The first-order chi connectivity index (χ1) is 66.0. The Balaban J connectivity index is 0.000000130. The van der Waals surface area contributed by atoms with E-state index in [2.05, 4.69) is 413 Å². The van der Waals surface area contributed by atoms with Gasteiger partial charge in [-0.3, -0.25) is 40.1 Å². The Labute approximate surface area is 849 Å². The Bertz CT molecular complexity index is 8020. The van der Waals surface area contributed by atoms with Gasteiger partial charge in [-0.15, -0.1) is 71.3 Å². The summed E-state index contributed by atoms with van der Waals surface area (Å²) >= 11 is 0. The van der Waals surface area contributed by atoms with Gasteiger partial charge in [0.1, 0.15) is 19.0 Å². The summed E-state index contributed by atoms with van der Waals surface area (Å²) in [4.78, 5) is 48.0. The molecule has 0 spiro atoms. The van der Waals surface area contributed by atoms with E-state index < -0.39 is 0 Å². The summed E-state index contributed by atoms with van der Waals surface area (Å²) in [5, 5.41) is 33.9. The largest absolute Gasteiger partial charge is 0.573 e. The summed E-state index contributed by atoms with van der Waals surface area (Å²) in [6.45, 7) is 27.6. The second-order valence-corrected chi connectivity index (χ2v) is 36.8. The van der Waals surface area contributed by atoms with E-state index in [9.17, 15) is 0 Å². The van der Waals surface area contributed by atoms with Crippen LogP contribution in [0.1, 0.15) is 110 Å². The minimum Gasteiger partial charge on any atom is -0.573 e. The van der Waals surface area contributed by atoms with Crippen molar-refractivity contribution in [2.45, 2.75) is 113 Å². The third kappa shape index (κ3) is 22.6. The van der Waals surface area contributed by atoms with Crippen molar-refractivity contribution in [3.05, 3.63) is 406 Å². The first-order valence-corrected chi connectivity index (χ1v) is 45.4. The molecule has 23 heteroatoms. The Morgan fingerprint density at radius 1 is 0.317 bits per heavy atom. The van der Waals surface area contributed by atoms with Crippen LogP contribution in [0.25, 0.3) is 173 Å². The van der Waals surface area contributed by atoms with Gasteiger partial charge in [0.15, 0.2) is 0 Å². The van der Waals surface area contributed by atoms with E-state index in [-0.39, 0.29) is 76.6 Å². The smallest absolute Gasteiger partial charge is 0.105 e. The molecular weight excluding hydrogens is 2250 g/mol. The molecule has 0 aliphatic rings. The summed E-state index contributed by atoms with van der Waals surface area (Å²) in [5.41, 5.74) is 25.6. The Morgan fingerprint density at radius 2 is 0.748 bits per heavy atom. The van der Waals surface area contributed by atoms with E-state index in [1.54, 1.807) is 44.5 Å². The van der Waals surface area contributed by atoms with Crippen molar-refractivity contribution in [1.82, 2.24) is 99.1 Å². The van der Waals surface area contributed by atoms with Crippen molar-refractivity contribution < 1.29 is 60.3 Å². The van der Waals surface area contributed by atoms with Crippen molar-refractivity contribution in [1.29, 1.82) is 0 Å². The van der Waals surface area contributed by atoms with Crippen LogP contribution < -0.4 is 15.3 Å². The molecule has 0 atom stereocenters. The van der Waals surface area contributed by atoms with Crippen molar-refractivity contribution in [3.63, 3.8) is 0 Å². The van der Waals surface area contributed by atoms with Crippen LogP contribution in [-0.4, -0.2) is 83.8 Å². The van der Waals surface area contributed by atoms with E-state index in [1.165, 1.54) is 70.9 Å². The third-order valence-electron chi connectivity index (χ3n) is 23.1. The van der Waals surface area contributed by atoms with Gasteiger partial charge in [-0.25, -0.2) is 15.0 Å². The number of aryl methyl sites for hydroxylation is 2. The monoisotopic (exact) mass is 2350 g/mol. The molecule has 697 valence electrons. The molecule has 23 rings (SSSR count). The fourth-order valence-corrected chi connectivity index (χ4v) is 16.4. The molecular formula is C116H100Ir3N20-6. The number of pyridine rings is 3. The van der Waals surface area contributed by atoms with Crippen LogP contribution in [0.4, 0.5) is 0 Å². The van der Waals surface area contributed by atoms with E-state index in [1.807, 2.05) is 103 Å². The molecule has 0 N–H and O–H groups in total. The number of rotatable bonds is 12. The number of para-hydroxylation sites is 4. The van der Waals surface area contributed by atoms with Crippen LogP contribution in [0.15, 0.2) is 353 Å². The molecule has 0 bridgehead atoms. The molecule has 0 aliphatic carbocycles. The van der Waals surface area contributed by atoms with Gasteiger partial charge in [0.05, 0.1) is 11.4 Å². The number of benzene rings is 11. The average Bonchev–Trinajstić information content (AvgIpc) is 1.60. The topological polar surface area (TPSA) is 238 Å². The molecule has 0 unspecified atom stereocenters. The number of fused-ring (bicyclic) bond motifs is 10. The summed E-state index contributed by atoms with van der Waals surface area (Å²) in [6, 6.07) is 118. The van der Waals surface area contributed by atoms with E-state index in [0.717, 1.165) is 125 Å². The SMILES string of the molecule is CC(C)(C)c1cc(-c2[c-]cc3c(c2)c2ccccc2n3-c2cccc3ccccc23)ncn1.CC(C)(C)c1n[n-]c(-c2ccccn2)n1.CC(C)Cc1cc(-c2[c-]cc3c(c2)c2ccccc2n3-c2ccccc2)ncn1.Cc1ccc2c(c1)c1cc(-c3cc(C(C)(C)C)ncn3)[c-]cc1n2-c1ccccc1.Cc1n[n-]c(-c2ccccn2)n1.[Ir].[Ir].[Ir].c1ccc(-c2cc(-c3ccccn3)[n-]n2)cc1. The van der Waals surface area contributed by atoms with Crippen molar-refractivity contribution in [2.75, 3.05) is 0 Å². The van der Waals surface area contributed by atoms with Crippen LogP contribution in [0.2, 0.25) is 0 Å². The van der Waals surface area contributed by atoms with Gasteiger partial charge >= 0.3 is 0 Å². The molecule has 3 radical (unpaired) electrons. The zero-order valence-corrected chi connectivity index (χ0v) is 86.4. The minimum absolute atomic E-state index is 0. The minimum atomic E-state index is -0.0694. The van der Waals surface area contributed by atoms with E-state index in [4.69, 9.17) is 0 Å². The zero-order chi connectivity index (χ0) is 94.0. The van der Waals surface area contributed by atoms with Crippen molar-refractivity contribution in [2.24, 2.45) is 5.92 Å². The van der Waals surface area contributed by atoms with E-state index >= 15 is 0 Å². The predicted molar refractivity (Wildman–Crippen MR) is 547 cm³/mol. The molecule has 0 saturated carbocycles. The number of hydrogen-bond acceptors (Lipinski definition) is 14.